The third kappa shape index (κ3) is 3.38. The molecule has 4 heteroatoms. The van der Waals surface area contributed by atoms with Crippen LogP contribution in [0.4, 0.5) is 0 Å². The maximum absolute atomic E-state index is 11.9. The lowest BCUT2D eigenvalue weighted by atomic mass is 9.95. The topological polar surface area (TPSA) is 46.6 Å². The first kappa shape index (κ1) is 16.7. The highest BCUT2D eigenvalue weighted by molar-refractivity contribution is 6.46. The molecule has 0 N–H and O–H groups in total. The lowest BCUT2D eigenvalue weighted by Gasteiger charge is -2.34. The van der Waals surface area contributed by atoms with E-state index in [2.05, 4.69) is 0 Å². The summed E-state index contributed by atoms with van der Waals surface area (Å²) in [6, 6.07) is 19.9. The van der Waals surface area contributed by atoms with Gasteiger partial charge in [-0.15, -0.1) is 0 Å². The number of allylic oxidation sites excluding steroid dienone is 2. The van der Waals surface area contributed by atoms with Crippen molar-refractivity contribution >= 4 is 11.6 Å². The Labute approximate surface area is 147 Å². The van der Waals surface area contributed by atoms with Crippen molar-refractivity contribution in [1.29, 1.82) is 0 Å². The van der Waals surface area contributed by atoms with Crippen LogP contribution < -0.4 is 0 Å². The molecule has 1 aliphatic carbocycles. The smallest absolute Gasteiger partial charge is 0.229 e. The van der Waals surface area contributed by atoms with E-state index in [4.69, 9.17) is 4.74 Å². The first-order valence-electron chi connectivity index (χ1n) is 8.00. The minimum atomic E-state index is -0.565. The summed E-state index contributed by atoms with van der Waals surface area (Å²) in [6.07, 6.45) is 2.60. The molecule has 126 valence electrons. The second kappa shape index (κ2) is 7.18. The van der Waals surface area contributed by atoms with Gasteiger partial charge in [-0.05, 0) is 11.1 Å². The summed E-state index contributed by atoms with van der Waals surface area (Å²) in [4.78, 5) is 25.5. The van der Waals surface area contributed by atoms with Crippen molar-refractivity contribution in [2.75, 3.05) is 14.2 Å². The second-order valence-electron chi connectivity index (χ2n) is 5.81. The number of likely N-dealkylation sites (N-methyl/N-ethyl adjacent to an activating group) is 1. The molecule has 0 unspecified atom stereocenters. The summed E-state index contributed by atoms with van der Waals surface area (Å²) in [7, 11) is 3.39. The summed E-state index contributed by atoms with van der Waals surface area (Å²) in [5, 5.41) is 0. The molecule has 0 atom stereocenters. The average Bonchev–Trinajstić information content (AvgIpc) is 2.65. The van der Waals surface area contributed by atoms with Crippen LogP contribution in [-0.4, -0.2) is 30.6 Å². The maximum Gasteiger partial charge on any atom is 0.229 e. The van der Waals surface area contributed by atoms with Gasteiger partial charge in [-0.2, -0.15) is 0 Å². The third-order valence-corrected chi connectivity index (χ3v) is 4.24. The Kier molecular flexibility index (Phi) is 4.80. The molecule has 0 amide bonds. The molecule has 0 saturated heterocycles. The van der Waals surface area contributed by atoms with Gasteiger partial charge in [0.15, 0.2) is 0 Å². The minimum absolute atomic E-state index is 0.117. The Morgan fingerprint density at radius 3 is 1.76 bits per heavy atom. The molecule has 2 aromatic rings. The minimum Gasteiger partial charge on any atom is -0.494 e. The van der Waals surface area contributed by atoms with E-state index in [9.17, 15) is 9.59 Å². The van der Waals surface area contributed by atoms with Gasteiger partial charge >= 0.3 is 0 Å². The molecule has 0 spiro atoms. The number of carbonyl (C=O) groups is 2. The second-order valence-corrected chi connectivity index (χ2v) is 5.81. The van der Waals surface area contributed by atoms with Crippen molar-refractivity contribution < 1.29 is 14.3 Å². The van der Waals surface area contributed by atoms with E-state index in [1.807, 2.05) is 72.6 Å². The van der Waals surface area contributed by atoms with Crippen LogP contribution >= 0.6 is 0 Å². The molecule has 0 heterocycles. The van der Waals surface area contributed by atoms with Gasteiger partial charge in [0.2, 0.25) is 11.6 Å². The predicted molar refractivity (Wildman–Crippen MR) is 95.7 cm³/mol. The van der Waals surface area contributed by atoms with Crippen molar-refractivity contribution in [3.8, 4) is 0 Å². The molecule has 0 saturated carbocycles. The van der Waals surface area contributed by atoms with Crippen molar-refractivity contribution in [2.45, 2.75) is 6.04 Å². The third-order valence-electron chi connectivity index (χ3n) is 4.24. The maximum atomic E-state index is 11.9. The zero-order chi connectivity index (χ0) is 17.8. The molecule has 25 heavy (non-hydrogen) atoms. The number of methoxy groups -OCH3 is 1. The number of hydrogen-bond acceptors (Lipinski definition) is 4. The Morgan fingerprint density at radius 2 is 1.28 bits per heavy atom. The van der Waals surface area contributed by atoms with Crippen molar-refractivity contribution in [1.82, 2.24) is 4.90 Å². The normalized spacial score (nSPS) is 14.2. The molecule has 0 aromatic heterocycles. The van der Waals surface area contributed by atoms with Gasteiger partial charge < -0.3 is 9.64 Å². The summed E-state index contributed by atoms with van der Waals surface area (Å²) < 4.78 is 5.34. The number of rotatable bonds is 5. The van der Waals surface area contributed by atoms with E-state index >= 15 is 0 Å². The van der Waals surface area contributed by atoms with Gasteiger partial charge in [-0.3, -0.25) is 9.59 Å². The predicted octanol–water partition coefficient (Wildman–Crippen LogP) is 3.27. The highest BCUT2D eigenvalue weighted by Crippen LogP contribution is 2.33. The van der Waals surface area contributed by atoms with E-state index in [0.717, 1.165) is 11.1 Å². The number of ketones is 2. The zero-order valence-electron chi connectivity index (χ0n) is 14.2. The van der Waals surface area contributed by atoms with Crippen LogP contribution in [0.15, 0.2) is 84.3 Å². The summed E-state index contributed by atoms with van der Waals surface area (Å²) in [5.41, 5.74) is 2.75. The van der Waals surface area contributed by atoms with Crippen LogP contribution in [0.25, 0.3) is 0 Å². The quantitative estimate of drug-likeness (QED) is 0.622. The first-order chi connectivity index (χ1) is 12.1. The average molecular weight is 333 g/mol. The Hall–Kier alpha value is -3.14. The molecule has 0 aliphatic heterocycles. The van der Waals surface area contributed by atoms with Gasteiger partial charge in [0.1, 0.15) is 5.76 Å². The van der Waals surface area contributed by atoms with E-state index in [-0.39, 0.29) is 6.04 Å². The zero-order valence-corrected chi connectivity index (χ0v) is 14.2. The summed E-state index contributed by atoms with van der Waals surface area (Å²) >= 11 is 0. The summed E-state index contributed by atoms with van der Waals surface area (Å²) in [6.45, 7) is 0. The lowest BCUT2D eigenvalue weighted by Crippen LogP contribution is -2.30. The fourth-order valence-electron chi connectivity index (χ4n) is 3.02. The van der Waals surface area contributed by atoms with Crippen molar-refractivity contribution in [3.05, 3.63) is 95.4 Å². The fraction of sp³-hybridized carbons (Fsp3) is 0.143. The van der Waals surface area contributed by atoms with Gasteiger partial charge in [0.25, 0.3) is 0 Å². The molecular formula is C21H19NO3. The molecule has 1 aliphatic rings. The molecule has 0 radical (unpaired) electrons. The molecule has 0 fully saturated rings. The molecule has 3 rings (SSSR count). The van der Waals surface area contributed by atoms with Crippen LogP contribution in [0.5, 0.6) is 0 Å². The first-order valence-corrected chi connectivity index (χ1v) is 8.00. The Bertz CT molecular complexity index is 798. The molecular weight excluding hydrogens is 314 g/mol. The number of ether oxygens (including phenoxy) is 1. The van der Waals surface area contributed by atoms with Crippen LogP contribution in [0.1, 0.15) is 17.2 Å². The van der Waals surface area contributed by atoms with Crippen LogP contribution in [0.3, 0.4) is 0 Å². The van der Waals surface area contributed by atoms with E-state index in [0.29, 0.717) is 11.5 Å². The van der Waals surface area contributed by atoms with Gasteiger partial charge in [-0.1, -0.05) is 60.7 Å². The highest BCUT2D eigenvalue weighted by atomic mass is 16.5. The van der Waals surface area contributed by atoms with Crippen LogP contribution in [-0.2, 0) is 14.3 Å². The van der Waals surface area contributed by atoms with E-state index in [1.165, 1.54) is 19.3 Å². The van der Waals surface area contributed by atoms with E-state index < -0.39 is 11.6 Å². The van der Waals surface area contributed by atoms with Crippen molar-refractivity contribution in [3.63, 3.8) is 0 Å². The van der Waals surface area contributed by atoms with Crippen LogP contribution in [0.2, 0.25) is 0 Å². The molecule has 2 aromatic carbocycles. The van der Waals surface area contributed by atoms with Gasteiger partial charge in [0.05, 0.1) is 18.8 Å². The van der Waals surface area contributed by atoms with Crippen LogP contribution in [0, 0.1) is 0 Å². The number of nitrogens with zero attached hydrogens (tertiary/aromatic N) is 1. The SMILES string of the molecule is COC1=CC(=O)C(=O)C=C1N(C)C(c1ccccc1)c1ccccc1. The largest absolute Gasteiger partial charge is 0.494 e. The Morgan fingerprint density at radius 1 is 0.800 bits per heavy atom. The fourth-order valence-corrected chi connectivity index (χ4v) is 3.02. The number of hydrogen-bond donors (Lipinski definition) is 0. The van der Waals surface area contributed by atoms with E-state index in [1.54, 1.807) is 0 Å². The van der Waals surface area contributed by atoms with Gasteiger partial charge in [0, 0.05) is 19.2 Å². The van der Waals surface area contributed by atoms with Gasteiger partial charge in [-0.25, -0.2) is 0 Å². The monoisotopic (exact) mass is 333 g/mol. The Balaban J connectivity index is 2.08. The molecule has 4 nitrogen and oxygen atoms in total. The molecule has 0 bridgehead atoms. The number of benzene rings is 2. The number of carbonyl (C=O) groups excluding carboxylic acids is 2. The summed E-state index contributed by atoms with van der Waals surface area (Å²) in [5.74, 6) is -0.712. The standard InChI is InChI=1S/C21H19NO3/c1-22(17-13-18(23)19(24)14-20(17)25-2)21(15-9-5-3-6-10-15)16-11-7-4-8-12-16/h3-14,21H,1-2H3. The lowest BCUT2D eigenvalue weighted by molar-refractivity contribution is -0.131. The highest BCUT2D eigenvalue weighted by Gasteiger charge is 2.28. The van der Waals surface area contributed by atoms with Crippen molar-refractivity contribution in [2.24, 2.45) is 0 Å².